The molecule has 0 saturated carbocycles. The number of thiophene rings is 1. The Morgan fingerprint density at radius 2 is 0.978 bits per heavy atom. The average molecular weight is 594 g/mol. The highest BCUT2D eigenvalue weighted by atomic mass is 32.1. The van der Waals surface area contributed by atoms with E-state index in [1.165, 1.54) is 69.6 Å². The van der Waals surface area contributed by atoms with Crippen molar-refractivity contribution in [1.29, 1.82) is 0 Å². The fraction of sp³-hybridized carbons (Fsp3) is 0. The first kappa shape index (κ1) is 24.6. The van der Waals surface area contributed by atoms with Gasteiger partial charge in [-0.1, -0.05) is 66.7 Å². The number of nitrogens with zero attached hydrogens (tertiary/aromatic N) is 5. The van der Waals surface area contributed by atoms with Crippen molar-refractivity contribution >= 4 is 75.1 Å². The van der Waals surface area contributed by atoms with Crippen molar-refractivity contribution in [2.75, 3.05) is 0 Å². The maximum absolute atomic E-state index is 4.46. The summed E-state index contributed by atoms with van der Waals surface area (Å²) < 4.78 is 7.16. The SMILES string of the molecule is c1ccc2c(c1)sc1ccc(-n3c4ccccc4c4cc(-c5ccc6c(c5)c5ccccc5n6-c5ncncn5)ccc43)cc12. The lowest BCUT2D eigenvalue weighted by molar-refractivity contribution is 0.939. The number of hydrogen-bond donors (Lipinski definition) is 0. The minimum absolute atomic E-state index is 0.617. The molecule has 0 saturated heterocycles. The Hall–Kier alpha value is -5.85. The predicted molar refractivity (Wildman–Crippen MR) is 187 cm³/mol. The smallest absolute Gasteiger partial charge is 0.237 e. The van der Waals surface area contributed by atoms with E-state index in [1.54, 1.807) is 12.7 Å². The van der Waals surface area contributed by atoms with Gasteiger partial charge in [0.05, 0.1) is 22.1 Å². The van der Waals surface area contributed by atoms with E-state index >= 15 is 0 Å². The van der Waals surface area contributed by atoms with Gasteiger partial charge in [-0.05, 0) is 71.8 Å². The summed E-state index contributed by atoms with van der Waals surface area (Å²) in [5, 5.41) is 7.45. The van der Waals surface area contributed by atoms with Crippen molar-refractivity contribution in [1.82, 2.24) is 24.1 Å². The molecule has 0 bridgehead atoms. The maximum atomic E-state index is 4.46. The molecule has 0 N–H and O–H groups in total. The highest BCUT2D eigenvalue weighted by molar-refractivity contribution is 7.25. The summed E-state index contributed by atoms with van der Waals surface area (Å²) in [7, 11) is 0. The van der Waals surface area contributed by atoms with E-state index in [1.807, 2.05) is 11.3 Å². The van der Waals surface area contributed by atoms with Gasteiger partial charge in [-0.2, -0.15) is 0 Å². The van der Waals surface area contributed by atoms with Gasteiger partial charge in [0.2, 0.25) is 5.95 Å². The summed E-state index contributed by atoms with van der Waals surface area (Å²) in [6.45, 7) is 0. The molecule has 10 aromatic rings. The molecular formula is C39H23N5S. The van der Waals surface area contributed by atoms with E-state index in [4.69, 9.17) is 0 Å². The van der Waals surface area contributed by atoms with Gasteiger partial charge in [0, 0.05) is 47.4 Å². The molecule has 45 heavy (non-hydrogen) atoms. The topological polar surface area (TPSA) is 48.5 Å². The Balaban J connectivity index is 1.18. The largest absolute Gasteiger partial charge is 0.309 e. The average Bonchev–Trinajstić information content (AvgIpc) is 3.75. The summed E-state index contributed by atoms with van der Waals surface area (Å²) in [4.78, 5) is 12.9. The third kappa shape index (κ3) is 3.57. The fourth-order valence-electron chi connectivity index (χ4n) is 7.00. The van der Waals surface area contributed by atoms with Crippen molar-refractivity contribution in [3.63, 3.8) is 0 Å². The minimum Gasteiger partial charge on any atom is -0.309 e. The van der Waals surface area contributed by atoms with Crippen molar-refractivity contribution in [2.24, 2.45) is 0 Å². The molecular weight excluding hydrogens is 571 g/mol. The van der Waals surface area contributed by atoms with Crippen LogP contribution in [0.4, 0.5) is 0 Å². The summed E-state index contributed by atoms with van der Waals surface area (Å²) in [5.41, 5.74) is 8.09. The fourth-order valence-corrected chi connectivity index (χ4v) is 8.09. The van der Waals surface area contributed by atoms with Crippen LogP contribution < -0.4 is 0 Å². The Kier molecular flexibility index (Phi) is 5.09. The first-order valence-electron chi connectivity index (χ1n) is 14.9. The quantitative estimate of drug-likeness (QED) is 0.205. The zero-order valence-electron chi connectivity index (χ0n) is 23.9. The normalized spacial score (nSPS) is 12.0. The van der Waals surface area contributed by atoms with E-state index in [0.29, 0.717) is 5.95 Å². The van der Waals surface area contributed by atoms with Crippen molar-refractivity contribution in [3.8, 4) is 22.8 Å². The van der Waals surface area contributed by atoms with Gasteiger partial charge in [0.25, 0.3) is 0 Å². The summed E-state index contributed by atoms with van der Waals surface area (Å²) >= 11 is 1.86. The Labute approximate surface area is 261 Å². The number of para-hydroxylation sites is 2. The van der Waals surface area contributed by atoms with Gasteiger partial charge in [-0.25, -0.2) is 15.0 Å². The molecule has 0 aliphatic heterocycles. The van der Waals surface area contributed by atoms with Crippen LogP contribution in [0.15, 0.2) is 140 Å². The summed E-state index contributed by atoms with van der Waals surface area (Å²) in [6, 6.07) is 46.3. The summed E-state index contributed by atoms with van der Waals surface area (Å²) in [5.74, 6) is 0.617. The van der Waals surface area contributed by atoms with Gasteiger partial charge < -0.3 is 4.57 Å². The van der Waals surface area contributed by atoms with Crippen molar-refractivity contribution < 1.29 is 0 Å². The predicted octanol–water partition coefficient (Wildman–Crippen LogP) is 10.1. The molecule has 0 radical (unpaired) electrons. The van der Waals surface area contributed by atoms with Crippen LogP contribution in [0, 0.1) is 0 Å². The van der Waals surface area contributed by atoms with Crippen LogP contribution in [0.5, 0.6) is 0 Å². The number of rotatable bonds is 3. The summed E-state index contributed by atoms with van der Waals surface area (Å²) in [6.07, 6.45) is 3.09. The molecule has 5 nitrogen and oxygen atoms in total. The van der Waals surface area contributed by atoms with E-state index in [9.17, 15) is 0 Å². The van der Waals surface area contributed by atoms with E-state index < -0.39 is 0 Å². The highest BCUT2D eigenvalue weighted by Crippen LogP contribution is 2.40. The third-order valence-corrected chi connectivity index (χ3v) is 10.1. The van der Waals surface area contributed by atoms with Crippen molar-refractivity contribution in [3.05, 3.63) is 140 Å². The van der Waals surface area contributed by atoms with E-state index in [2.05, 4.69) is 151 Å². The molecule has 0 unspecified atom stereocenters. The zero-order chi connectivity index (χ0) is 29.5. The lowest BCUT2D eigenvalue weighted by Gasteiger charge is -2.09. The Bertz CT molecular complexity index is 2770. The number of benzene rings is 6. The molecule has 0 spiro atoms. The molecule has 6 aromatic carbocycles. The van der Waals surface area contributed by atoms with Crippen LogP contribution in [-0.2, 0) is 0 Å². The molecule has 4 heterocycles. The first-order chi connectivity index (χ1) is 22.3. The van der Waals surface area contributed by atoms with Crippen LogP contribution in [0.2, 0.25) is 0 Å². The molecule has 0 atom stereocenters. The molecule has 6 heteroatoms. The van der Waals surface area contributed by atoms with Gasteiger partial charge >= 0.3 is 0 Å². The highest BCUT2D eigenvalue weighted by Gasteiger charge is 2.17. The standard InChI is InChI=1S/C39H23N5S/c1-4-10-33-27(7-1)30-19-24(13-16-35(30)43(33)26-15-18-38-32(21-26)29-9-3-6-12-37(29)45-38)25-14-17-36-31(20-25)28-8-2-5-11-34(28)44(36)39-41-22-40-23-42-39/h1-23H. The molecule has 4 aromatic heterocycles. The second-order valence-electron chi connectivity index (χ2n) is 11.4. The van der Waals surface area contributed by atoms with Gasteiger partial charge in [0.15, 0.2) is 0 Å². The molecule has 0 aliphatic carbocycles. The van der Waals surface area contributed by atoms with Crippen LogP contribution in [0.3, 0.4) is 0 Å². The van der Waals surface area contributed by atoms with E-state index in [-0.39, 0.29) is 0 Å². The van der Waals surface area contributed by atoms with Crippen LogP contribution in [-0.4, -0.2) is 24.1 Å². The second kappa shape index (κ2) is 9.32. The molecule has 10 rings (SSSR count). The zero-order valence-corrected chi connectivity index (χ0v) is 24.7. The Morgan fingerprint density at radius 3 is 1.69 bits per heavy atom. The lowest BCUT2D eigenvalue weighted by Crippen LogP contribution is -2.00. The first-order valence-corrected chi connectivity index (χ1v) is 15.7. The van der Waals surface area contributed by atoms with Gasteiger partial charge in [0.1, 0.15) is 12.7 Å². The molecule has 210 valence electrons. The van der Waals surface area contributed by atoms with E-state index in [0.717, 1.165) is 11.0 Å². The Morgan fingerprint density at radius 1 is 0.422 bits per heavy atom. The number of aromatic nitrogens is 5. The molecule has 0 aliphatic rings. The number of hydrogen-bond acceptors (Lipinski definition) is 4. The second-order valence-corrected chi connectivity index (χ2v) is 12.5. The third-order valence-electron chi connectivity index (χ3n) is 8.98. The monoisotopic (exact) mass is 593 g/mol. The van der Waals surface area contributed by atoms with Crippen LogP contribution in [0.25, 0.3) is 86.5 Å². The molecule has 0 fully saturated rings. The van der Waals surface area contributed by atoms with Gasteiger partial charge in [-0.15, -0.1) is 11.3 Å². The lowest BCUT2D eigenvalue weighted by atomic mass is 10.0. The maximum Gasteiger partial charge on any atom is 0.237 e. The van der Waals surface area contributed by atoms with Gasteiger partial charge in [-0.3, -0.25) is 4.57 Å². The van der Waals surface area contributed by atoms with Crippen LogP contribution >= 0.6 is 11.3 Å². The molecule has 0 amide bonds. The number of fused-ring (bicyclic) bond motifs is 9. The minimum atomic E-state index is 0.617. The van der Waals surface area contributed by atoms with Crippen LogP contribution in [0.1, 0.15) is 0 Å². The van der Waals surface area contributed by atoms with Crippen molar-refractivity contribution in [2.45, 2.75) is 0 Å².